The number of pyridine rings is 1. The lowest BCUT2D eigenvalue weighted by molar-refractivity contribution is -0.127. The number of hydrogen-bond acceptors (Lipinski definition) is 1. The fourth-order valence-electron chi connectivity index (χ4n) is 5.53. The number of benzene rings is 2. The number of nitrogens with zero attached hydrogens (tertiary/aromatic N) is 1. The van der Waals surface area contributed by atoms with Crippen molar-refractivity contribution in [2.45, 2.75) is 49.6 Å². The van der Waals surface area contributed by atoms with E-state index in [0.29, 0.717) is 0 Å². The van der Waals surface area contributed by atoms with E-state index in [1.165, 1.54) is 21.6 Å². The Morgan fingerprint density at radius 1 is 0.935 bits per heavy atom. The number of halogens is 3. The first-order valence-corrected chi connectivity index (χ1v) is 14.2. The highest BCUT2D eigenvalue weighted by molar-refractivity contribution is 8.48. The molecule has 0 saturated carbocycles. The van der Waals surface area contributed by atoms with Gasteiger partial charge in [-0.15, -0.1) is 0 Å². The average Bonchev–Trinajstić information content (AvgIpc) is 2.87. The van der Waals surface area contributed by atoms with E-state index in [4.69, 9.17) is 0 Å². The number of thiol groups is 1. The van der Waals surface area contributed by atoms with Gasteiger partial charge in [0.15, 0.2) is 0 Å². The summed E-state index contributed by atoms with van der Waals surface area (Å²) in [7, 11) is -2.55. The van der Waals surface area contributed by atoms with Crippen molar-refractivity contribution >= 4 is 9.16 Å². The second-order valence-electron chi connectivity index (χ2n) is 9.83. The van der Waals surface area contributed by atoms with Gasteiger partial charge in [-0.25, -0.2) is 9.16 Å². The lowest BCUT2D eigenvalue weighted by Crippen LogP contribution is -2.15. The van der Waals surface area contributed by atoms with Crippen LogP contribution in [0.15, 0.2) is 52.4 Å². The molecule has 31 heavy (non-hydrogen) atoms. The molecule has 0 saturated heterocycles. The average molecular weight is 446 g/mol. The van der Waals surface area contributed by atoms with Gasteiger partial charge in [-0.2, -0.15) is 13.2 Å². The predicted molar refractivity (Wildman–Crippen MR) is 127 cm³/mol. The Bertz CT molecular complexity index is 1190. The number of alkyl halides is 3. The van der Waals surface area contributed by atoms with Crippen LogP contribution in [0.5, 0.6) is 0 Å². The van der Waals surface area contributed by atoms with Gasteiger partial charge >= 0.3 is 6.18 Å². The molecule has 166 valence electrons. The van der Waals surface area contributed by atoms with E-state index in [1.807, 2.05) is 18.2 Å². The van der Waals surface area contributed by atoms with Gasteiger partial charge in [-0.05, 0) is 88.9 Å². The summed E-state index contributed by atoms with van der Waals surface area (Å²) in [5, 5.41) is 0. The quantitative estimate of drug-likeness (QED) is 0.415. The minimum Gasteiger partial charge on any atom is -0.260 e. The maximum atomic E-state index is 13.1. The van der Waals surface area contributed by atoms with E-state index in [0.717, 1.165) is 33.6 Å². The van der Waals surface area contributed by atoms with Gasteiger partial charge in [0.2, 0.25) is 0 Å². The van der Waals surface area contributed by atoms with E-state index in [-0.39, 0.29) is 5.69 Å². The summed E-state index contributed by atoms with van der Waals surface area (Å²) in [5.74, 6) is 0. The molecule has 0 atom stereocenters. The van der Waals surface area contributed by atoms with Gasteiger partial charge in [-0.1, -0.05) is 37.3 Å². The van der Waals surface area contributed by atoms with E-state index < -0.39 is 21.8 Å². The maximum Gasteiger partial charge on any atom is 0.394 e. The number of rotatable bonds is 3. The first kappa shape index (κ1) is 21.9. The molecule has 0 amide bonds. The molecule has 1 aliphatic heterocycles. The van der Waals surface area contributed by atoms with Gasteiger partial charge in [0, 0.05) is 11.1 Å². The van der Waals surface area contributed by atoms with Gasteiger partial charge in [0.1, 0.15) is 0 Å². The van der Waals surface area contributed by atoms with Crippen LogP contribution in [-0.2, 0) is 12.8 Å². The Hall–Kier alpha value is -2.27. The van der Waals surface area contributed by atoms with Crippen LogP contribution in [0.2, 0.25) is 0 Å². The third-order valence-corrected chi connectivity index (χ3v) is 10.9. The zero-order valence-electron chi connectivity index (χ0n) is 19.0. The Kier molecular flexibility index (Phi) is 4.86. The summed E-state index contributed by atoms with van der Waals surface area (Å²) >= 11 is 0. The molecule has 5 heteroatoms. The lowest BCUT2D eigenvalue weighted by atomic mass is 9.85. The topological polar surface area (TPSA) is 12.9 Å². The van der Waals surface area contributed by atoms with Gasteiger partial charge in [-0.3, -0.25) is 4.98 Å². The van der Waals surface area contributed by atoms with Crippen LogP contribution in [-0.4, -0.2) is 29.9 Å². The highest BCUT2D eigenvalue weighted by Gasteiger charge is 2.44. The van der Waals surface area contributed by atoms with E-state index in [1.54, 1.807) is 12.3 Å². The molecule has 2 heterocycles. The minimum absolute atomic E-state index is 0.0870. The molecule has 0 fully saturated rings. The molecule has 0 N–H and O–H groups in total. The molecule has 0 aliphatic carbocycles. The summed E-state index contributed by atoms with van der Waals surface area (Å²) in [6.45, 7) is 6.50. The summed E-state index contributed by atoms with van der Waals surface area (Å²) in [4.78, 5) is 6.71. The van der Waals surface area contributed by atoms with Crippen LogP contribution in [0.4, 0.5) is 13.2 Å². The summed E-state index contributed by atoms with van der Waals surface area (Å²) in [5.41, 5.74) is 8.29. The third-order valence-electron chi connectivity index (χ3n) is 6.73. The van der Waals surface area contributed by atoms with Crippen molar-refractivity contribution in [3.8, 4) is 22.3 Å². The van der Waals surface area contributed by atoms with Crippen molar-refractivity contribution in [1.82, 2.24) is 4.98 Å². The lowest BCUT2D eigenvalue weighted by Gasteiger charge is -2.50. The van der Waals surface area contributed by atoms with Crippen LogP contribution in [0.3, 0.4) is 0 Å². The predicted octanol–water partition coefficient (Wildman–Crippen LogP) is 7.39. The first-order chi connectivity index (χ1) is 14.3. The molecule has 4 rings (SSSR count). The first-order valence-electron chi connectivity index (χ1n) is 10.6. The molecule has 0 radical (unpaired) electrons. The minimum atomic E-state index is -4.27. The van der Waals surface area contributed by atoms with Crippen LogP contribution in [0.25, 0.3) is 22.3 Å². The molecule has 3 aromatic rings. The van der Waals surface area contributed by atoms with Crippen LogP contribution in [0, 0.1) is 13.8 Å². The Morgan fingerprint density at radius 2 is 1.58 bits per heavy atom. The standard InChI is InChI=1S/C26H30F3NS/c1-7-20-16(2)25-24(17(3)23(20)18-11-9-8-10-12-18)21-13-19(14-26(27,28)29)30-15-22(21)31(25,4,5)6/h8-13,15,31H,7,14H2,1-6H3. The summed E-state index contributed by atoms with van der Waals surface area (Å²) < 4.78 is 39.3. The van der Waals surface area contributed by atoms with E-state index in [9.17, 15) is 13.2 Å². The van der Waals surface area contributed by atoms with Crippen molar-refractivity contribution in [2.75, 3.05) is 18.8 Å². The molecule has 0 bridgehead atoms. The number of hydrogen-bond donors (Lipinski definition) is 1. The smallest absolute Gasteiger partial charge is 0.260 e. The van der Waals surface area contributed by atoms with Crippen molar-refractivity contribution in [1.29, 1.82) is 0 Å². The summed E-state index contributed by atoms with van der Waals surface area (Å²) in [6.07, 6.45) is 4.26. The summed E-state index contributed by atoms with van der Waals surface area (Å²) in [6, 6.07) is 12.0. The van der Waals surface area contributed by atoms with Crippen LogP contribution in [0.1, 0.15) is 29.3 Å². The SMILES string of the molecule is CCc1c(C)c2c(c(C)c1-c1ccccc1)-c1cc(CC(F)(F)F)ncc1[SH]2(C)(C)C. The van der Waals surface area contributed by atoms with Gasteiger partial charge < -0.3 is 0 Å². The fraction of sp³-hybridized carbons (Fsp3) is 0.346. The second kappa shape index (κ2) is 6.86. The number of fused-ring (bicyclic) bond motifs is 3. The van der Waals surface area contributed by atoms with Crippen molar-refractivity contribution in [3.63, 3.8) is 0 Å². The molecule has 0 spiro atoms. The fourth-order valence-corrected chi connectivity index (χ4v) is 9.63. The molecular weight excluding hydrogens is 415 g/mol. The maximum absolute atomic E-state index is 13.1. The van der Waals surface area contributed by atoms with Crippen LogP contribution >= 0.6 is 9.16 Å². The molecule has 2 aromatic carbocycles. The Labute approximate surface area is 183 Å². The molecular formula is C26H30F3NS. The number of aromatic nitrogens is 1. The van der Waals surface area contributed by atoms with Crippen molar-refractivity contribution < 1.29 is 13.2 Å². The van der Waals surface area contributed by atoms with Gasteiger partial charge in [0.05, 0.1) is 12.1 Å². The monoisotopic (exact) mass is 445 g/mol. The molecule has 1 aromatic heterocycles. The van der Waals surface area contributed by atoms with Crippen molar-refractivity contribution in [2.24, 2.45) is 0 Å². The third kappa shape index (κ3) is 3.38. The van der Waals surface area contributed by atoms with Crippen LogP contribution < -0.4 is 0 Å². The molecule has 0 unspecified atom stereocenters. The largest absolute Gasteiger partial charge is 0.394 e. The Balaban J connectivity index is 2.11. The van der Waals surface area contributed by atoms with Crippen molar-refractivity contribution in [3.05, 3.63) is 65.0 Å². The zero-order valence-corrected chi connectivity index (χ0v) is 19.9. The van der Waals surface area contributed by atoms with Gasteiger partial charge in [0.25, 0.3) is 0 Å². The van der Waals surface area contributed by atoms with E-state index in [2.05, 4.69) is 56.7 Å². The molecule has 1 nitrogen and oxygen atoms in total. The van der Waals surface area contributed by atoms with E-state index >= 15 is 0 Å². The normalized spacial score (nSPS) is 17.5. The second-order valence-corrected chi connectivity index (χ2v) is 16.3. The highest BCUT2D eigenvalue weighted by Crippen LogP contribution is 2.81. The Morgan fingerprint density at radius 3 is 2.16 bits per heavy atom. The molecule has 1 aliphatic rings. The zero-order chi connectivity index (χ0) is 22.8. The highest BCUT2D eigenvalue weighted by atomic mass is 32.3.